The van der Waals surface area contributed by atoms with E-state index < -0.39 is 34.1 Å². The lowest BCUT2D eigenvalue weighted by atomic mass is 10.0. The van der Waals surface area contributed by atoms with Gasteiger partial charge in [0.2, 0.25) is 0 Å². The zero-order chi connectivity index (χ0) is 18.5. The van der Waals surface area contributed by atoms with Crippen LogP contribution in [0.3, 0.4) is 0 Å². The Balaban J connectivity index is 2.91. The molecule has 0 unspecified atom stereocenters. The Morgan fingerprint density at radius 3 is 2.29 bits per heavy atom. The summed E-state index contributed by atoms with van der Waals surface area (Å²) < 4.78 is 32.1. The average molecular weight is 357 g/mol. The second kappa shape index (κ2) is 8.25. The summed E-state index contributed by atoms with van der Waals surface area (Å²) in [7, 11) is -2.47. The standard InChI is InChI=1S/C16H23NO6S/c1-10(2)14(23-24(5,20)21)15(18)17-11(3)12-7-6-8-13(9-12)16(19)22-4/h6-11,14H,1-5H3,(H,17,18)/t11-,14-/m0/s1. The Kier molecular flexibility index (Phi) is 6.92. The van der Waals surface area contributed by atoms with Crippen molar-refractivity contribution in [2.45, 2.75) is 32.9 Å². The molecule has 1 rings (SSSR count). The molecule has 0 bridgehead atoms. The number of carbonyl (C=O) groups excluding carboxylic acids is 2. The second-order valence-electron chi connectivity index (χ2n) is 5.81. The summed E-state index contributed by atoms with van der Waals surface area (Å²) in [6.45, 7) is 5.11. The molecule has 0 fully saturated rings. The number of rotatable bonds is 7. The molecule has 134 valence electrons. The first-order valence-corrected chi connectivity index (χ1v) is 9.23. The van der Waals surface area contributed by atoms with Crippen LogP contribution in [0.2, 0.25) is 0 Å². The third-order valence-corrected chi connectivity index (χ3v) is 3.87. The summed E-state index contributed by atoms with van der Waals surface area (Å²) in [6, 6.07) is 6.20. The predicted octanol–water partition coefficient (Wildman–Crippen LogP) is 1.65. The van der Waals surface area contributed by atoms with Crippen molar-refractivity contribution >= 4 is 22.0 Å². The van der Waals surface area contributed by atoms with E-state index in [-0.39, 0.29) is 5.92 Å². The van der Waals surface area contributed by atoms with Gasteiger partial charge in [0.1, 0.15) is 0 Å². The van der Waals surface area contributed by atoms with E-state index in [0.717, 1.165) is 6.26 Å². The van der Waals surface area contributed by atoms with Crippen LogP contribution >= 0.6 is 0 Å². The molecular formula is C16H23NO6S. The number of ether oxygens (including phenoxy) is 1. The van der Waals surface area contributed by atoms with E-state index in [0.29, 0.717) is 11.1 Å². The van der Waals surface area contributed by atoms with Crippen molar-refractivity contribution in [2.24, 2.45) is 5.92 Å². The molecule has 1 amide bonds. The van der Waals surface area contributed by atoms with Crippen molar-refractivity contribution in [3.8, 4) is 0 Å². The Labute approximate surface area is 142 Å². The van der Waals surface area contributed by atoms with Crippen molar-refractivity contribution in [1.82, 2.24) is 5.32 Å². The third kappa shape index (κ3) is 5.93. The maximum absolute atomic E-state index is 12.3. The molecule has 0 aliphatic rings. The summed E-state index contributed by atoms with van der Waals surface area (Å²) in [5.41, 5.74) is 1.05. The van der Waals surface area contributed by atoms with Crippen LogP contribution in [0.25, 0.3) is 0 Å². The zero-order valence-corrected chi connectivity index (χ0v) is 15.2. The van der Waals surface area contributed by atoms with Gasteiger partial charge in [-0.2, -0.15) is 8.42 Å². The number of carbonyl (C=O) groups is 2. The number of esters is 1. The molecule has 24 heavy (non-hydrogen) atoms. The smallest absolute Gasteiger partial charge is 0.337 e. The van der Waals surface area contributed by atoms with Gasteiger partial charge in [-0.05, 0) is 30.5 Å². The van der Waals surface area contributed by atoms with Crippen LogP contribution in [0.4, 0.5) is 0 Å². The molecular weight excluding hydrogens is 334 g/mol. The van der Waals surface area contributed by atoms with Gasteiger partial charge in [-0.15, -0.1) is 0 Å². The summed E-state index contributed by atoms with van der Waals surface area (Å²) in [5.74, 6) is -1.34. The fourth-order valence-electron chi connectivity index (χ4n) is 2.08. The van der Waals surface area contributed by atoms with Crippen LogP contribution in [0.1, 0.15) is 42.7 Å². The molecule has 1 aromatic rings. The number of nitrogens with one attached hydrogen (secondary N) is 1. The molecule has 0 radical (unpaired) electrons. The SMILES string of the molecule is COC(=O)c1cccc([C@H](C)NC(=O)[C@@H](OS(C)(=O)=O)C(C)C)c1. The predicted molar refractivity (Wildman–Crippen MR) is 88.9 cm³/mol. The van der Waals surface area contributed by atoms with Crippen molar-refractivity contribution in [1.29, 1.82) is 0 Å². The molecule has 0 aliphatic heterocycles. The number of amides is 1. The molecule has 0 heterocycles. The van der Waals surface area contributed by atoms with Gasteiger partial charge >= 0.3 is 5.97 Å². The summed E-state index contributed by atoms with van der Waals surface area (Å²) >= 11 is 0. The summed E-state index contributed by atoms with van der Waals surface area (Å²) in [4.78, 5) is 23.9. The molecule has 0 saturated carbocycles. The van der Waals surface area contributed by atoms with Crippen LogP contribution in [-0.4, -0.2) is 39.8 Å². The third-order valence-electron chi connectivity index (χ3n) is 3.31. The van der Waals surface area contributed by atoms with Crippen LogP contribution in [-0.2, 0) is 23.8 Å². The maximum Gasteiger partial charge on any atom is 0.337 e. The molecule has 0 aliphatic carbocycles. The first-order valence-electron chi connectivity index (χ1n) is 7.42. The van der Waals surface area contributed by atoms with Gasteiger partial charge in [0.05, 0.1) is 25.0 Å². The average Bonchev–Trinajstić information content (AvgIpc) is 2.50. The zero-order valence-electron chi connectivity index (χ0n) is 14.4. The lowest BCUT2D eigenvalue weighted by molar-refractivity contribution is -0.130. The van der Waals surface area contributed by atoms with Gasteiger partial charge < -0.3 is 10.1 Å². The van der Waals surface area contributed by atoms with Crippen molar-refractivity contribution < 1.29 is 26.9 Å². The highest BCUT2D eigenvalue weighted by molar-refractivity contribution is 7.86. The first-order chi connectivity index (χ1) is 11.0. The lowest BCUT2D eigenvalue weighted by Gasteiger charge is -2.22. The number of hydrogen-bond donors (Lipinski definition) is 1. The van der Waals surface area contributed by atoms with Crippen LogP contribution < -0.4 is 5.32 Å². The van der Waals surface area contributed by atoms with E-state index in [1.165, 1.54) is 7.11 Å². The topological polar surface area (TPSA) is 98.8 Å². The number of methoxy groups -OCH3 is 1. The highest BCUT2D eigenvalue weighted by atomic mass is 32.2. The van der Waals surface area contributed by atoms with Crippen molar-refractivity contribution in [3.05, 3.63) is 35.4 Å². The van der Waals surface area contributed by atoms with Gasteiger partial charge in [0.25, 0.3) is 16.0 Å². The largest absolute Gasteiger partial charge is 0.465 e. The minimum Gasteiger partial charge on any atom is -0.465 e. The Hall–Kier alpha value is -1.93. The molecule has 2 atom stereocenters. The van der Waals surface area contributed by atoms with Crippen LogP contribution in [0.15, 0.2) is 24.3 Å². The minimum absolute atomic E-state index is 0.326. The first kappa shape index (κ1) is 20.1. The highest BCUT2D eigenvalue weighted by Crippen LogP contribution is 2.17. The molecule has 0 aromatic heterocycles. The van der Waals surface area contributed by atoms with Crippen molar-refractivity contribution in [2.75, 3.05) is 13.4 Å². The van der Waals surface area contributed by atoms with E-state index in [4.69, 9.17) is 4.18 Å². The van der Waals surface area contributed by atoms with Gasteiger partial charge in [0, 0.05) is 0 Å². The van der Waals surface area contributed by atoms with E-state index in [2.05, 4.69) is 10.1 Å². The molecule has 8 heteroatoms. The van der Waals surface area contributed by atoms with E-state index >= 15 is 0 Å². The normalized spacial score (nSPS) is 14.1. The Morgan fingerprint density at radius 2 is 1.79 bits per heavy atom. The van der Waals surface area contributed by atoms with Gasteiger partial charge in [-0.1, -0.05) is 26.0 Å². The van der Waals surface area contributed by atoms with Crippen LogP contribution in [0, 0.1) is 5.92 Å². The molecule has 7 nitrogen and oxygen atoms in total. The Bertz CT molecular complexity index is 698. The summed E-state index contributed by atoms with van der Waals surface area (Å²) in [5, 5.41) is 2.70. The Morgan fingerprint density at radius 1 is 1.17 bits per heavy atom. The maximum atomic E-state index is 12.3. The minimum atomic E-state index is -3.76. The van der Waals surface area contributed by atoms with E-state index in [1.54, 1.807) is 45.0 Å². The van der Waals surface area contributed by atoms with Crippen LogP contribution in [0.5, 0.6) is 0 Å². The highest BCUT2D eigenvalue weighted by Gasteiger charge is 2.28. The molecule has 0 spiro atoms. The monoisotopic (exact) mass is 357 g/mol. The molecule has 0 saturated heterocycles. The fraction of sp³-hybridized carbons (Fsp3) is 0.500. The van der Waals surface area contributed by atoms with Gasteiger partial charge in [0.15, 0.2) is 6.10 Å². The molecule has 1 N–H and O–H groups in total. The number of hydrogen-bond acceptors (Lipinski definition) is 6. The number of benzene rings is 1. The molecule has 1 aromatic carbocycles. The quantitative estimate of drug-likeness (QED) is 0.588. The van der Waals surface area contributed by atoms with Gasteiger partial charge in [-0.25, -0.2) is 4.79 Å². The second-order valence-corrected chi connectivity index (χ2v) is 7.41. The fourth-order valence-corrected chi connectivity index (χ4v) is 2.76. The van der Waals surface area contributed by atoms with Gasteiger partial charge in [-0.3, -0.25) is 8.98 Å². The van der Waals surface area contributed by atoms with E-state index in [1.807, 2.05) is 0 Å². The van der Waals surface area contributed by atoms with E-state index in [9.17, 15) is 18.0 Å². The van der Waals surface area contributed by atoms with Crippen molar-refractivity contribution in [3.63, 3.8) is 0 Å². The summed E-state index contributed by atoms with van der Waals surface area (Å²) in [6.07, 6.45) is -0.218. The lowest BCUT2D eigenvalue weighted by Crippen LogP contribution is -2.41.